The molecule has 0 aromatic heterocycles. The molecule has 0 saturated carbocycles. The molecule has 4 atom stereocenters. The minimum absolute atomic E-state index is 0.0871. The highest BCUT2D eigenvalue weighted by Gasteiger charge is 2.09. The van der Waals surface area contributed by atoms with Gasteiger partial charge in [0.05, 0.1) is 0 Å². The Morgan fingerprint density at radius 3 is 0.963 bits per heavy atom. The first-order chi connectivity index (χ1) is 25.8. The van der Waals surface area contributed by atoms with Crippen LogP contribution in [0, 0.1) is 35.5 Å². The number of allylic oxidation sites excluding steroid dienone is 2. The Bertz CT molecular complexity index is 870. The first kappa shape index (κ1) is 52.4. The summed E-state index contributed by atoms with van der Waals surface area (Å²) >= 11 is 0. The van der Waals surface area contributed by atoms with E-state index >= 15 is 0 Å². The summed E-state index contributed by atoms with van der Waals surface area (Å²) in [4.78, 5) is 24.3. The molecule has 0 radical (unpaired) electrons. The van der Waals surface area contributed by atoms with E-state index < -0.39 is 0 Å². The van der Waals surface area contributed by atoms with Crippen molar-refractivity contribution in [2.24, 2.45) is 35.5 Å². The van der Waals surface area contributed by atoms with Crippen LogP contribution in [-0.4, -0.2) is 25.2 Å². The van der Waals surface area contributed by atoms with Gasteiger partial charge in [0.2, 0.25) is 0 Å². The summed E-state index contributed by atoms with van der Waals surface area (Å²) in [7, 11) is 0. The van der Waals surface area contributed by atoms with Crippen LogP contribution in [0.25, 0.3) is 0 Å². The average Bonchev–Trinajstić information content (AvgIpc) is 3.09. The molecule has 0 heterocycles. The second-order valence-corrected chi connectivity index (χ2v) is 18.8. The highest BCUT2D eigenvalue weighted by molar-refractivity contribution is 5.69. The maximum atomic E-state index is 12.2. The molecular weight excluding hydrogens is 665 g/mol. The summed E-state index contributed by atoms with van der Waals surface area (Å²) in [6.45, 7) is 24.1. The van der Waals surface area contributed by atoms with Gasteiger partial charge in [-0.1, -0.05) is 182 Å². The Labute approximate surface area is 338 Å². The predicted molar refractivity (Wildman–Crippen MR) is 236 cm³/mol. The third-order valence-corrected chi connectivity index (χ3v) is 11.6. The molecule has 4 nitrogen and oxygen atoms in total. The van der Waals surface area contributed by atoms with Crippen molar-refractivity contribution >= 4 is 11.9 Å². The molecule has 54 heavy (non-hydrogen) atoms. The third kappa shape index (κ3) is 37.3. The molecule has 0 bridgehead atoms. The molecule has 318 valence electrons. The van der Waals surface area contributed by atoms with Gasteiger partial charge < -0.3 is 9.47 Å². The number of esters is 2. The fraction of sp³-hybridized carbons (Fsp3) is 0.880. The predicted octanol–water partition coefficient (Wildman–Crippen LogP) is 16.0. The zero-order valence-corrected chi connectivity index (χ0v) is 38.1. The third-order valence-electron chi connectivity index (χ3n) is 11.6. The van der Waals surface area contributed by atoms with Crippen molar-refractivity contribution in [2.75, 3.05) is 13.2 Å². The summed E-state index contributed by atoms with van der Waals surface area (Å²) in [5.41, 5.74) is 2.66. The van der Waals surface area contributed by atoms with Crippen LogP contribution in [0.1, 0.15) is 236 Å². The maximum Gasteiger partial charge on any atom is 0.306 e. The minimum Gasteiger partial charge on any atom is -0.461 e. The SMILES string of the molecule is C/C(=C\COC(=O)CCCCCCCCC(=O)OC/C=C(\C)CCC[C@H](C)CCC[C@H](C)CCCC(C)C)CCC[C@H](C)CCC[C@H](C)CCCC(C)C. The number of ether oxygens (including phenoxy) is 2. The van der Waals surface area contributed by atoms with Crippen molar-refractivity contribution in [3.8, 4) is 0 Å². The fourth-order valence-corrected chi connectivity index (χ4v) is 7.56. The Kier molecular flexibility index (Phi) is 34.8. The molecule has 0 spiro atoms. The van der Waals surface area contributed by atoms with Crippen molar-refractivity contribution in [3.63, 3.8) is 0 Å². The monoisotopic (exact) mass is 759 g/mol. The molecule has 0 saturated heterocycles. The van der Waals surface area contributed by atoms with Gasteiger partial charge >= 0.3 is 11.9 Å². The van der Waals surface area contributed by atoms with Crippen molar-refractivity contribution < 1.29 is 19.1 Å². The van der Waals surface area contributed by atoms with Gasteiger partial charge in [-0.05, 0) is 100 Å². The van der Waals surface area contributed by atoms with Crippen LogP contribution in [0.15, 0.2) is 23.3 Å². The van der Waals surface area contributed by atoms with Gasteiger partial charge in [0.1, 0.15) is 13.2 Å². The van der Waals surface area contributed by atoms with Crippen LogP contribution in [-0.2, 0) is 19.1 Å². The summed E-state index contributed by atoms with van der Waals surface area (Å²) < 4.78 is 10.9. The summed E-state index contributed by atoms with van der Waals surface area (Å²) in [6.07, 6.45) is 34.8. The summed E-state index contributed by atoms with van der Waals surface area (Å²) in [5.74, 6) is 4.82. The van der Waals surface area contributed by atoms with E-state index in [2.05, 4.69) is 81.4 Å². The van der Waals surface area contributed by atoms with E-state index in [1.165, 1.54) is 114 Å². The standard InChI is InChI=1S/C50H94O4/c1-41(2)23-17-25-43(5)27-19-29-45(7)31-21-33-47(9)37-39-53-49(51)35-15-13-11-12-14-16-36-50(52)54-40-38-48(10)34-22-32-46(8)30-20-28-44(6)26-18-24-42(3)4/h37-38,41-46H,11-36,39-40H2,1-10H3/b47-37+,48-38+/t43-,44-,45-,46-/m1/s1. The zero-order valence-electron chi connectivity index (χ0n) is 38.1. The number of hydrogen-bond donors (Lipinski definition) is 0. The molecule has 0 aromatic carbocycles. The van der Waals surface area contributed by atoms with E-state index in [4.69, 9.17) is 9.47 Å². The Balaban J connectivity index is 3.72. The number of carbonyl (C=O) groups excluding carboxylic acids is 2. The molecule has 0 rings (SSSR count). The van der Waals surface area contributed by atoms with Crippen LogP contribution >= 0.6 is 0 Å². The van der Waals surface area contributed by atoms with Gasteiger partial charge in [0.15, 0.2) is 0 Å². The largest absolute Gasteiger partial charge is 0.461 e. The van der Waals surface area contributed by atoms with Gasteiger partial charge in [0, 0.05) is 12.8 Å². The molecule has 0 fully saturated rings. The van der Waals surface area contributed by atoms with Crippen molar-refractivity contribution in [1.82, 2.24) is 0 Å². The topological polar surface area (TPSA) is 52.6 Å². The van der Waals surface area contributed by atoms with E-state index in [-0.39, 0.29) is 11.9 Å². The van der Waals surface area contributed by atoms with Crippen molar-refractivity contribution in [3.05, 3.63) is 23.3 Å². The maximum absolute atomic E-state index is 12.2. The lowest BCUT2D eigenvalue weighted by molar-refractivity contribution is -0.143. The van der Waals surface area contributed by atoms with E-state index in [9.17, 15) is 9.59 Å². The highest BCUT2D eigenvalue weighted by Crippen LogP contribution is 2.24. The van der Waals surface area contributed by atoms with Gasteiger partial charge in [-0.25, -0.2) is 0 Å². The highest BCUT2D eigenvalue weighted by atomic mass is 16.5. The molecule has 0 unspecified atom stereocenters. The molecule has 0 aliphatic carbocycles. The van der Waals surface area contributed by atoms with Crippen LogP contribution in [0.5, 0.6) is 0 Å². The lowest BCUT2D eigenvalue weighted by atomic mass is 9.91. The number of rotatable bonds is 37. The lowest BCUT2D eigenvalue weighted by Gasteiger charge is -2.15. The fourth-order valence-electron chi connectivity index (χ4n) is 7.56. The van der Waals surface area contributed by atoms with Gasteiger partial charge in [-0.3, -0.25) is 9.59 Å². The summed E-state index contributed by atoms with van der Waals surface area (Å²) in [5, 5.41) is 0. The lowest BCUT2D eigenvalue weighted by Crippen LogP contribution is -2.05. The minimum atomic E-state index is -0.0871. The van der Waals surface area contributed by atoms with E-state index in [0.29, 0.717) is 26.1 Å². The molecule has 0 aromatic rings. The van der Waals surface area contributed by atoms with Crippen LogP contribution < -0.4 is 0 Å². The Morgan fingerprint density at radius 1 is 0.370 bits per heavy atom. The van der Waals surface area contributed by atoms with Crippen LogP contribution in [0.4, 0.5) is 0 Å². The van der Waals surface area contributed by atoms with Crippen LogP contribution in [0.2, 0.25) is 0 Å². The smallest absolute Gasteiger partial charge is 0.306 e. The number of hydrogen-bond acceptors (Lipinski definition) is 4. The van der Waals surface area contributed by atoms with E-state index in [1.807, 2.05) is 0 Å². The molecule has 0 aliphatic rings. The van der Waals surface area contributed by atoms with Crippen LogP contribution in [0.3, 0.4) is 0 Å². The Hall–Kier alpha value is -1.58. The molecule has 0 amide bonds. The first-order valence-electron chi connectivity index (χ1n) is 23.4. The van der Waals surface area contributed by atoms with Crippen molar-refractivity contribution in [2.45, 2.75) is 236 Å². The Morgan fingerprint density at radius 2 is 0.648 bits per heavy atom. The second kappa shape index (κ2) is 35.8. The molecule has 0 aliphatic heterocycles. The van der Waals surface area contributed by atoms with Gasteiger partial charge in [-0.15, -0.1) is 0 Å². The number of unbranched alkanes of at least 4 members (excludes halogenated alkanes) is 5. The quantitative estimate of drug-likeness (QED) is 0.0360. The van der Waals surface area contributed by atoms with E-state index in [0.717, 1.165) is 86.9 Å². The zero-order chi connectivity index (χ0) is 40.4. The molecular formula is C50H94O4. The number of carbonyl (C=O) groups is 2. The van der Waals surface area contributed by atoms with Gasteiger partial charge in [-0.2, -0.15) is 0 Å². The molecule has 4 heteroatoms. The normalized spacial score (nSPS) is 14.7. The average molecular weight is 759 g/mol. The van der Waals surface area contributed by atoms with Gasteiger partial charge in [0.25, 0.3) is 0 Å². The second-order valence-electron chi connectivity index (χ2n) is 18.8. The summed E-state index contributed by atoms with van der Waals surface area (Å²) in [6, 6.07) is 0. The van der Waals surface area contributed by atoms with E-state index in [1.54, 1.807) is 0 Å². The molecule has 0 N–H and O–H groups in total. The first-order valence-corrected chi connectivity index (χ1v) is 23.4. The van der Waals surface area contributed by atoms with Crippen molar-refractivity contribution in [1.29, 1.82) is 0 Å².